The number of isocyanates is 1. The molecule has 0 spiro atoms. The van der Waals surface area contributed by atoms with Crippen LogP contribution in [0.25, 0.3) is 0 Å². The zero-order valence-corrected chi connectivity index (χ0v) is 10.5. The van der Waals surface area contributed by atoms with Gasteiger partial charge < -0.3 is 9.47 Å². The van der Waals surface area contributed by atoms with Crippen molar-refractivity contribution in [2.24, 2.45) is 4.99 Å². The summed E-state index contributed by atoms with van der Waals surface area (Å²) in [5, 5.41) is 0.505. The first-order chi connectivity index (χ1) is 8.77. The van der Waals surface area contributed by atoms with Crippen LogP contribution in [-0.4, -0.2) is 19.3 Å². The van der Waals surface area contributed by atoms with Crippen LogP contribution in [0.4, 0.5) is 0 Å². The third-order valence-corrected chi connectivity index (χ3v) is 3.97. The lowest BCUT2D eigenvalue weighted by Gasteiger charge is -2.38. The summed E-state index contributed by atoms with van der Waals surface area (Å²) in [5.74, 6) is 1.22. The number of ether oxygens (including phenoxy) is 2. The molecule has 3 rings (SSSR count). The van der Waals surface area contributed by atoms with E-state index in [0.29, 0.717) is 29.7 Å². The van der Waals surface area contributed by atoms with E-state index < -0.39 is 5.54 Å². The van der Waals surface area contributed by atoms with E-state index in [2.05, 4.69) is 4.99 Å². The van der Waals surface area contributed by atoms with Crippen LogP contribution < -0.4 is 9.47 Å². The van der Waals surface area contributed by atoms with Crippen LogP contribution in [0, 0.1) is 0 Å². The van der Waals surface area contributed by atoms with E-state index in [1.165, 1.54) is 0 Å². The average Bonchev–Trinajstić information content (AvgIpc) is 2.35. The van der Waals surface area contributed by atoms with Crippen molar-refractivity contribution in [3.8, 4) is 11.5 Å². The van der Waals surface area contributed by atoms with Crippen molar-refractivity contribution in [3.63, 3.8) is 0 Å². The van der Waals surface area contributed by atoms with Crippen LogP contribution in [0.2, 0.25) is 5.02 Å². The van der Waals surface area contributed by atoms with Crippen molar-refractivity contribution >= 4 is 17.7 Å². The Kier molecular flexibility index (Phi) is 2.77. The molecule has 1 aliphatic heterocycles. The van der Waals surface area contributed by atoms with E-state index >= 15 is 0 Å². The van der Waals surface area contributed by atoms with Crippen LogP contribution >= 0.6 is 11.6 Å². The Balaban J connectivity index is 2.10. The molecule has 0 N–H and O–H groups in total. The summed E-state index contributed by atoms with van der Waals surface area (Å²) in [6.07, 6.45) is 4.34. The smallest absolute Gasteiger partial charge is 0.235 e. The van der Waals surface area contributed by atoms with E-state index in [1.54, 1.807) is 6.08 Å². The van der Waals surface area contributed by atoms with Gasteiger partial charge in [-0.1, -0.05) is 17.7 Å². The van der Waals surface area contributed by atoms with Crippen LogP contribution in [0.1, 0.15) is 24.8 Å². The SMILES string of the molecule is O=C=NC1(c2ccc3c(c2Cl)OCCO3)CCC1. The largest absolute Gasteiger partial charge is 0.486 e. The molecule has 18 heavy (non-hydrogen) atoms. The molecule has 2 aliphatic rings. The molecule has 1 aliphatic carbocycles. The molecule has 1 aromatic carbocycles. The molecule has 0 bridgehead atoms. The molecule has 1 fully saturated rings. The van der Waals surface area contributed by atoms with Gasteiger partial charge in [-0.2, -0.15) is 4.99 Å². The van der Waals surface area contributed by atoms with Crippen molar-refractivity contribution in [1.82, 2.24) is 0 Å². The summed E-state index contributed by atoms with van der Waals surface area (Å²) in [7, 11) is 0. The standard InChI is InChI=1S/C13H12ClNO3/c14-11-9(13(15-8-16)4-1-5-13)2-3-10-12(11)18-7-6-17-10/h2-3H,1,4-7H2. The van der Waals surface area contributed by atoms with Crippen LogP contribution in [-0.2, 0) is 10.3 Å². The zero-order valence-electron chi connectivity index (χ0n) is 9.74. The highest BCUT2D eigenvalue weighted by molar-refractivity contribution is 6.33. The number of fused-ring (bicyclic) bond motifs is 1. The summed E-state index contributed by atoms with van der Waals surface area (Å²) in [4.78, 5) is 14.6. The molecule has 0 atom stereocenters. The van der Waals surface area contributed by atoms with Gasteiger partial charge in [0.05, 0.1) is 10.6 Å². The van der Waals surface area contributed by atoms with E-state index in [1.807, 2.05) is 12.1 Å². The topological polar surface area (TPSA) is 47.9 Å². The third-order valence-electron chi connectivity index (χ3n) is 3.59. The Morgan fingerprint density at radius 2 is 2.06 bits per heavy atom. The maximum absolute atomic E-state index is 10.6. The minimum atomic E-state index is -0.505. The molecule has 5 heteroatoms. The Morgan fingerprint density at radius 1 is 1.28 bits per heavy atom. The fraction of sp³-hybridized carbons (Fsp3) is 0.462. The number of nitrogens with zero attached hydrogens (tertiary/aromatic N) is 1. The number of rotatable bonds is 2. The lowest BCUT2D eigenvalue weighted by atomic mass is 9.72. The Morgan fingerprint density at radius 3 is 2.72 bits per heavy atom. The number of hydrogen-bond acceptors (Lipinski definition) is 4. The number of carbonyl (C=O) groups excluding carboxylic acids is 1. The van der Waals surface area contributed by atoms with Gasteiger partial charge in [0.2, 0.25) is 6.08 Å². The summed E-state index contributed by atoms with van der Waals surface area (Å²) in [5.41, 5.74) is 0.331. The number of aliphatic imine (C=N–C) groups is 1. The Bertz CT molecular complexity index is 533. The monoisotopic (exact) mass is 265 g/mol. The van der Waals surface area contributed by atoms with Crippen molar-refractivity contribution in [2.75, 3.05) is 13.2 Å². The van der Waals surface area contributed by atoms with Gasteiger partial charge in [-0.05, 0) is 25.3 Å². The van der Waals surface area contributed by atoms with Gasteiger partial charge in [0.1, 0.15) is 13.2 Å². The van der Waals surface area contributed by atoms with Crippen molar-refractivity contribution in [2.45, 2.75) is 24.8 Å². The van der Waals surface area contributed by atoms with Crippen LogP contribution in [0.3, 0.4) is 0 Å². The molecule has 0 aromatic heterocycles. The summed E-state index contributed by atoms with van der Waals surface area (Å²) < 4.78 is 11.0. The molecule has 4 nitrogen and oxygen atoms in total. The Labute approximate surface area is 110 Å². The third kappa shape index (κ3) is 1.61. The van der Waals surface area contributed by atoms with E-state index in [9.17, 15) is 4.79 Å². The van der Waals surface area contributed by atoms with Gasteiger partial charge in [-0.15, -0.1) is 0 Å². The number of benzene rings is 1. The normalized spacial score (nSPS) is 19.6. The highest BCUT2D eigenvalue weighted by Gasteiger charge is 2.41. The van der Waals surface area contributed by atoms with Crippen molar-refractivity contribution in [3.05, 3.63) is 22.7 Å². The summed E-state index contributed by atoms with van der Waals surface area (Å²) >= 11 is 6.36. The molecule has 1 aromatic rings. The molecule has 0 radical (unpaired) electrons. The molecule has 1 heterocycles. The second kappa shape index (κ2) is 4.30. The Hall–Kier alpha value is -1.51. The molecule has 0 saturated heterocycles. The first-order valence-electron chi connectivity index (χ1n) is 5.94. The quantitative estimate of drug-likeness (QED) is 0.610. The lowest BCUT2D eigenvalue weighted by Crippen LogP contribution is -2.32. The van der Waals surface area contributed by atoms with Crippen LogP contribution in [0.15, 0.2) is 17.1 Å². The van der Waals surface area contributed by atoms with Gasteiger partial charge in [0.25, 0.3) is 0 Å². The van der Waals surface area contributed by atoms with E-state index in [4.69, 9.17) is 21.1 Å². The van der Waals surface area contributed by atoms with Crippen molar-refractivity contribution in [1.29, 1.82) is 0 Å². The highest BCUT2D eigenvalue weighted by Crippen LogP contribution is 2.51. The minimum absolute atomic E-state index is 0.486. The average molecular weight is 266 g/mol. The number of hydrogen-bond donors (Lipinski definition) is 0. The second-order valence-corrected chi connectivity index (χ2v) is 4.92. The van der Waals surface area contributed by atoms with E-state index in [0.717, 1.165) is 24.8 Å². The summed E-state index contributed by atoms with van der Waals surface area (Å²) in [6, 6.07) is 3.70. The van der Waals surface area contributed by atoms with Gasteiger partial charge in [0.15, 0.2) is 11.5 Å². The molecule has 0 unspecified atom stereocenters. The first kappa shape index (κ1) is 11.6. The predicted octanol–water partition coefficient (Wildman–Crippen LogP) is 2.83. The van der Waals surface area contributed by atoms with Crippen molar-refractivity contribution < 1.29 is 14.3 Å². The molecule has 0 amide bonds. The second-order valence-electron chi connectivity index (χ2n) is 4.54. The fourth-order valence-electron chi connectivity index (χ4n) is 2.48. The lowest BCUT2D eigenvalue weighted by molar-refractivity contribution is 0.170. The predicted molar refractivity (Wildman–Crippen MR) is 66.1 cm³/mol. The molecule has 94 valence electrons. The van der Waals surface area contributed by atoms with Gasteiger partial charge >= 0.3 is 0 Å². The fourth-order valence-corrected chi connectivity index (χ4v) is 2.87. The maximum Gasteiger partial charge on any atom is 0.235 e. The highest BCUT2D eigenvalue weighted by atomic mass is 35.5. The minimum Gasteiger partial charge on any atom is -0.486 e. The van der Waals surface area contributed by atoms with Gasteiger partial charge in [0, 0.05) is 5.56 Å². The first-order valence-corrected chi connectivity index (χ1v) is 6.32. The van der Waals surface area contributed by atoms with Crippen LogP contribution in [0.5, 0.6) is 11.5 Å². The molecule has 1 saturated carbocycles. The zero-order chi connectivity index (χ0) is 12.6. The summed E-state index contributed by atoms with van der Waals surface area (Å²) in [6.45, 7) is 1.01. The molecular weight excluding hydrogens is 254 g/mol. The maximum atomic E-state index is 10.6. The van der Waals surface area contributed by atoms with Gasteiger partial charge in [-0.25, -0.2) is 4.79 Å². The number of halogens is 1. The van der Waals surface area contributed by atoms with E-state index in [-0.39, 0.29) is 0 Å². The van der Waals surface area contributed by atoms with Gasteiger partial charge in [-0.3, -0.25) is 0 Å². The molecular formula is C13H12ClNO3.